The summed E-state index contributed by atoms with van der Waals surface area (Å²) in [6, 6.07) is 8.10. The molecule has 3 rings (SSSR count). The maximum atomic E-state index is 12.0. The third-order valence-electron chi connectivity index (χ3n) is 3.70. The lowest BCUT2D eigenvalue weighted by Crippen LogP contribution is -2.15. The van der Waals surface area contributed by atoms with Gasteiger partial charge in [-0.2, -0.15) is 5.10 Å². The Labute approximate surface area is 140 Å². The maximum Gasteiger partial charge on any atom is 0.235 e. The molecule has 0 fully saturated rings. The van der Waals surface area contributed by atoms with Crippen molar-refractivity contribution in [2.45, 2.75) is 32.1 Å². The van der Waals surface area contributed by atoms with Crippen LogP contribution in [0, 0.1) is 6.92 Å². The van der Waals surface area contributed by atoms with Crippen LogP contribution in [0.2, 0.25) is 0 Å². The van der Waals surface area contributed by atoms with Crippen LogP contribution >= 0.6 is 11.8 Å². The number of hydrogen-bond donors (Lipinski definition) is 1. The molecule has 1 aliphatic rings. The predicted octanol–water partition coefficient (Wildman–Crippen LogP) is 3.29. The Balaban J connectivity index is 2.04. The van der Waals surface area contributed by atoms with Gasteiger partial charge in [0.25, 0.3) is 0 Å². The lowest BCUT2D eigenvalue weighted by atomic mass is 10.0. The number of thioether (sulfide) groups is 1. The molecule has 0 saturated carbocycles. The quantitative estimate of drug-likeness (QED) is 0.938. The van der Waals surface area contributed by atoms with Gasteiger partial charge in [0.1, 0.15) is 11.6 Å². The molecule has 1 aliphatic heterocycles. The molecular formula is C17H21N3O2S. The monoisotopic (exact) mass is 331 g/mol. The van der Waals surface area contributed by atoms with Gasteiger partial charge in [-0.05, 0) is 38.5 Å². The molecule has 23 heavy (non-hydrogen) atoms. The van der Waals surface area contributed by atoms with Crippen LogP contribution in [0.25, 0.3) is 0 Å². The lowest BCUT2D eigenvalue weighted by molar-refractivity contribution is -0.113. The molecule has 0 radical (unpaired) electrons. The van der Waals surface area contributed by atoms with Crippen molar-refractivity contribution in [1.82, 2.24) is 9.78 Å². The SMILES string of the molecule is Cc1nn(C)c2c1[C@@H](c1cccc(OC(C)C)c1)SCC(=O)N2. The highest BCUT2D eigenvalue weighted by atomic mass is 32.2. The summed E-state index contributed by atoms with van der Waals surface area (Å²) in [5.74, 6) is 2.08. The first-order valence-corrected chi connectivity index (χ1v) is 8.72. The number of carbonyl (C=O) groups is 1. The van der Waals surface area contributed by atoms with Crippen molar-refractivity contribution in [3.8, 4) is 5.75 Å². The van der Waals surface area contributed by atoms with Crippen molar-refractivity contribution in [3.05, 3.63) is 41.1 Å². The average molecular weight is 331 g/mol. The second-order valence-electron chi connectivity index (χ2n) is 5.95. The molecule has 6 heteroatoms. The first-order chi connectivity index (χ1) is 11.0. The van der Waals surface area contributed by atoms with Crippen molar-refractivity contribution in [1.29, 1.82) is 0 Å². The molecule has 1 amide bonds. The van der Waals surface area contributed by atoms with Gasteiger partial charge in [-0.1, -0.05) is 12.1 Å². The topological polar surface area (TPSA) is 56.2 Å². The minimum Gasteiger partial charge on any atom is -0.491 e. The number of amides is 1. The number of hydrogen-bond acceptors (Lipinski definition) is 4. The first kappa shape index (κ1) is 15.9. The molecule has 1 N–H and O–H groups in total. The largest absolute Gasteiger partial charge is 0.491 e. The molecule has 2 aromatic rings. The number of aromatic nitrogens is 2. The predicted molar refractivity (Wildman–Crippen MR) is 93.1 cm³/mol. The molecule has 0 aliphatic carbocycles. The van der Waals surface area contributed by atoms with E-state index >= 15 is 0 Å². The smallest absolute Gasteiger partial charge is 0.235 e. The van der Waals surface area contributed by atoms with E-state index in [1.165, 1.54) is 0 Å². The Morgan fingerprint density at radius 2 is 2.22 bits per heavy atom. The maximum absolute atomic E-state index is 12.0. The van der Waals surface area contributed by atoms with E-state index in [-0.39, 0.29) is 17.3 Å². The Morgan fingerprint density at radius 3 is 2.96 bits per heavy atom. The van der Waals surface area contributed by atoms with Crippen LogP contribution in [-0.4, -0.2) is 27.5 Å². The van der Waals surface area contributed by atoms with Crippen molar-refractivity contribution in [2.75, 3.05) is 11.1 Å². The van der Waals surface area contributed by atoms with E-state index in [1.807, 2.05) is 40.0 Å². The summed E-state index contributed by atoms with van der Waals surface area (Å²) in [5, 5.41) is 7.50. The molecule has 122 valence electrons. The van der Waals surface area contributed by atoms with Gasteiger partial charge in [0.2, 0.25) is 5.91 Å². The van der Waals surface area contributed by atoms with Crippen molar-refractivity contribution in [3.63, 3.8) is 0 Å². The molecule has 1 aromatic heterocycles. The van der Waals surface area contributed by atoms with Crippen LogP contribution in [0.3, 0.4) is 0 Å². The summed E-state index contributed by atoms with van der Waals surface area (Å²) in [4.78, 5) is 12.0. The van der Waals surface area contributed by atoms with E-state index in [9.17, 15) is 4.79 Å². The fourth-order valence-corrected chi connectivity index (χ4v) is 4.01. The summed E-state index contributed by atoms with van der Waals surface area (Å²) in [6.07, 6.45) is 0.131. The molecule has 1 atom stereocenters. The van der Waals surface area contributed by atoms with Crippen molar-refractivity contribution >= 4 is 23.5 Å². The second-order valence-corrected chi connectivity index (χ2v) is 7.04. The average Bonchev–Trinajstić information content (AvgIpc) is 2.66. The van der Waals surface area contributed by atoms with E-state index in [2.05, 4.69) is 22.5 Å². The molecular weight excluding hydrogens is 310 g/mol. The Morgan fingerprint density at radius 1 is 1.43 bits per heavy atom. The summed E-state index contributed by atoms with van der Waals surface area (Å²) < 4.78 is 7.55. The van der Waals surface area contributed by atoms with Gasteiger partial charge in [-0.3, -0.25) is 9.48 Å². The molecule has 5 nitrogen and oxygen atoms in total. The minimum atomic E-state index is 0.0105. The van der Waals surface area contributed by atoms with E-state index < -0.39 is 0 Å². The Kier molecular flexibility index (Phi) is 4.35. The zero-order valence-corrected chi connectivity index (χ0v) is 14.6. The number of nitrogens with one attached hydrogen (secondary N) is 1. The first-order valence-electron chi connectivity index (χ1n) is 7.67. The summed E-state index contributed by atoms with van der Waals surface area (Å²) in [7, 11) is 1.86. The third-order valence-corrected chi connectivity index (χ3v) is 4.97. The van der Waals surface area contributed by atoms with Gasteiger partial charge in [-0.15, -0.1) is 11.8 Å². The van der Waals surface area contributed by atoms with Crippen LogP contribution in [-0.2, 0) is 11.8 Å². The summed E-state index contributed by atoms with van der Waals surface area (Å²) >= 11 is 1.62. The minimum absolute atomic E-state index is 0.0105. The third kappa shape index (κ3) is 3.22. The summed E-state index contributed by atoms with van der Waals surface area (Å²) in [6.45, 7) is 6.01. The van der Waals surface area contributed by atoms with Crippen LogP contribution < -0.4 is 10.1 Å². The summed E-state index contributed by atoms with van der Waals surface area (Å²) in [5.41, 5.74) is 3.14. The molecule has 0 unspecified atom stereocenters. The van der Waals surface area contributed by atoms with Crippen LogP contribution in [0.15, 0.2) is 24.3 Å². The number of benzene rings is 1. The van der Waals surface area contributed by atoms with Gasteiger partial charge in [-0.25, -0.2) is 0 Å². The van der Waals surface area contributed by atoms with Crippen LogP contribution in [0.5, 0.6) is 5.75 Å². The number of nitrogens with zero attached hydrogens (tertiary/aromatic N) is 2. The molecule has 0 bridgehead atoms. The fraction of sp³-hybridized carbons (Fsp3) is 0.412. The molecule has 2 heterocycles. The Bertz CT molecular complexity index is 739. The van der Waals surface area contributed by atoms with Gasteiger partial charge in [0, 0.05) is 12.6 Å². The zero-order valence-electron chi connectivity index (χ0n) is 13.8. The van der Waals surface area contributed by atoms with E-state index in [4.69, 9.17) is 4.74 Å². The van der Waals surface area contributed by atoms with E-state index in [0.29, 0.717) is 5.75 Å². The molecule has 1 aromatic carbocycles. The second kappa shape index (κ2) is 6.28. The lowest BCUT2D eigenvalue weighted by Gasteiger charge is -2.17. The number of fused-ring (bicyclic) bond motifs is 1. The van der Waals surface area contributed by atoms with E-state index in [0.717, 1.165) is 28.4 Å². The van der Waals surface area contributed by atoms with Gasteiger partial charge >= 0.3 is 0 Å². The number of aryl methyl sites for hydroxylation is 2. The fourth-order valence-electron chi connectivity index (χ4n) is 2.83. The normalized spacial score (nSPS) is 17.6. The number of rotatable bonds is 3. The van der Waals surface area contributed by atoms with Gasteiger partial charge in [0.05, 0.1) is 22.8 Å². The van der Waals surface area contributed by atoms with E-state index in [1.54, 1.807) is 16.4 Å². The molecule has 0 saturated heterocycles. The zero-order chi connectivity index (χ0) is 16.6. The number of ether oxygens (including phenoxy) is 1. The standard InChI is InChI=1S/C17H21N3O2S/c1-10(2)22-13-7-5-6-12(8-13)16-15-11(3)19-20(4)17(15)18-14(21)9-23-16/h5-8,10,16H,9H2,1-4H3,(H,18,21)/t16-/m1/s1. The number of anilines is 1. The highest BCUT2D eigenvalue weighted by Gasteiger charge is 2.29. The van der Waals surface area contributed by atoms with Crippen LogP contribution in [0.4, 0.5) is 5.82 Å². The van der Waals surface area contributed by atoms with Crippen molar-refractivity contribution in [2.24, 2.45) is 7.05 Å². The van der Waals surface area contributed by atoms with Crippen molar-refractivity contribution < 1.29 is 9.53 Å². The number of carbonyl (C=O) groups excluding carboxylic acids is 1. The van der Waals surface area contributed by atoms with Gasteiger partial charge in [0.15, 0.2) is 0 Å². The highest BCUT2D eigenvalue weighted by molar-refractivity contribution is 8.00. The van der Waals surface area contributed by atoms with Crippen LogP contribution in [0.1, 0.15) is 35.9 Å². The Hall–Kier alpha value is -1.95. The van der Waals surface area contributed by atoms with Gasteiger partial charge < -0.3 is 10.1 Å². The molecule has 0 spiro atoms. The highest BCUT2D eigenvalue weighted by Crippen LogP contribution is 2.43.